The zero-order chi connectivity index (χ0) is 12.8. The number of hydrogen-bond acceptors (Lipinski definition) is 5. The third-order valence-electron chi connectivity index (χ3n) is 2.44. The van der Waals surface area contributed by atoms with Crippen molar-refractivity contribution in [3.8, 4) is 0 Å². The number of rotatable bonds is 3. The summed E-state index contributed by atoms with van der Waals surface area (Å²) in [7, 11) is 2.04. The van der Waals surface area contributed by atoms with Crippen molar-refractivity contribution in [1.29, 1.82) is 0 Å². The van der Waals surface area contributed by atoms with Crippen LogP contribution in [-0.2, 0) is 4.84 Å². The minimum atomic E-state index is -0.603. The molecule has 0 aromatic heterocycles. The molecule has 1 heterocycles. The Hall–Kier alpha value is -0.850. The number of hydrazine groups is 1. The number of carbonyl (C=O) groups excluding carboxylic acids is 1. The van der Waals surface area contributed by atoms with Crippen molar-refractivity contribution >= 4 is 22.9 Å². The van der Waals surface area contributed by atoms with Crippen molar-refractivity contribution in [2.24, 2.45) is 11.1 Å². The Bertz CT molecular complexity index is 288. The molecule has 0 saturated carbocycles. The first kappa shape index (κ1) is 14.2. The molecule has 98 valence electrons. The van der Waals surface area contributed by atoms with E-state index in [4.69, 9.17) is 11.6 Å². The fraction of sp³-hybridized carbons (Fsp3) is 0.800. The van der Waals surface area contributed by atoms with E-state index in [-0.39, 0.29) is 11.1 Å². The molecule has 1 aliphatic heterocycles. The third kappa shape index (κ3) is 5.34. The molecule has 6 nitrogen and oxygen atoms in total. The Kier molecular flexibility index (Phi) is 5.67. The first-order chi connectivity index (χ1) is 7.99. The molecule has 1 rings (SSSR count). The Balaban J connectivity index is 2.28. The fourth-order valence-corrected chi connectivity index (χ4v) is 1.29. The van der Waals surface area contributed by atoms with E-state index in [1.165, 1.54) is 0 Å². The zero-order valence-electron chi connectivity index (χ0n) is 10.4. The lowest BCUT2D eigenvalue weighted by Crippen LogP contribution is -2.52. The number of hydrogen-bond donors (Lipinski definition) is 1. The van der Waals surface area contributed by atoms with Gasteiger partial charge in [0.25, 0.3) is 0 Å². The van der Waals surface area contributed by atoms with E-state index in [1.54, 1.807) is 5.01 Å². The number of halogens is 1. The highest BCUT2D eigenvalue weighted by atomic mass is 35.5. The first-order valence-corrected chi connectivity index (χ1v) is 6.01. The van der Waals surface area contributed by atoms with E-state index in [0.717, 1.165) is 26.2 Å². The van der Waals surface area contributed by atoms with Crippen LogP contribution in [0.15, 0.2) is 5.16 Å². The van der Waals surface area contributed by atoms with Gasteiger partial charge in [-0.2, -0.15) is 0 Å². The second kappa shape index (κ2) is 6.78. The maximum atomic E-state index is 11.4. The summed E-state index contributed by atoms with van der Waals surface area (Å²) in [6.45, 7) is 7.11. The molecule has 1 saturated heterocycles. The first-order valence-electron chi connectivity index (χ1n) is 5.63. The van der Waals surface area contributed by atoms with Gasteiger partial charge >= 0.3 is 6.09 Å². The summed E-state index contributed by atoms with van der Waals surface area (Å²) in [5, 5.41) is 5.62. The Morgan fingerprint density at radius 3 is 2.47 bits per heavy atom. The van der Waals surface area contributed by atoms with Gasteiger partial charge in [-0.1, -0.05) is 30.6 Å². The highest BCUT2D eigenvalue weighted by Gasteiger charge is 2.16. The van der Waals surface area contributed by atoms with Crippen molar-refractivity contribution in [3.05, 3.63) is 0 Å². The molecular weight excluding hydrogens is 244 g/mol. The van der Waals surface area contributed by atoms with Crippen LogP contribution in [0.25, 0.3) is 0 Å². The molecule has 1 aliphatic rings. The van der Waals surface area contributed by atoms with Crippen LogP contribution in [0.4, 0.5) is 4.79 Å². The van der Waals surface area contributed by atoms with Gasteiger partial charge in [-0.15, -0.1) is 0 Å². The summed E-state index contributed by atoms with van der Waals surface area (Å²) >= 11 is 5.75. The number of nitrogens with one attached hydrogen (secondary N) is 1. The molecule has 17 heavy (non-hydrogen) atoms. The summed E-state index contributed by atoms with van der Waals surface area (Å²) in [5.74, 6) is 0.0492. The molecule has 0 unspecified atom stereocenters. The van der Waals surface area contributed by atoms with Gasteiger partial charge < -0.3 is 4.90 Å². The van der Waals surface area contributed by atoms with Crippen LogP contribution in [-0.4, -0.2) is 54.4 Å². The Labute approximate surface area is 106 Å². The van der Waals surface area contributed by atoms with E-state index in [9.17, 15) is 4.79 Å². The number of amides is 1. The van der Waals surface area contributed by atoms with E-state index < -0.39 is 6.09 Å². The number of piperazine rings is 1. The van der Waals surface area contributed by atoms with Gasteiger partial charge in [0.05, 0.1) is 0 Å². The smallest absolute Gasteiger partial charge is 0.304 e. The minimum absolute atomic E-state index is 0.0492. The molecule has 0 spiro atoms. The molecule has 1 fully saturated rings. The Morgan fingerprint density at radius 1 is 1.35 bits per heavy atom. The van der Waals surface area contributed by atoms with E-state index in [1.807, 2.05) is 20.9 Å². The molecule has 0 aliphatic carbocycles. The SMILES string of the molecule is CC(C)/C(Cl)=N\OC(=O)NN1CCN(C)CC1. The van der Waals surface area contributed by atoms with Crippen molar-refractivity contribution in [1.82, 2.24) is 15.3 Å². The summed E-state index contributed by atoms with van der Waals surface area (Å²) in [6, 6.07) is 0. The highest BCUT2D eigenvalue weighted by molar-refractivity contribution is 6.65. The molecule has 7 heteroatoms. The van der Waals surface area contributed by atoms with Crippen LogP contribution >= 0.6 is 11.6 Å². The zero-order valence-corrected chi connectivity index (χ0v) is 11.2. The van der Waals surface area contributed by atoms with Gasteiger partial charge in [0.1, 0.15) is 5.17 Å². The number of likely N-dealkylation sites (N-methyl/N-ethyl adjacent to an activating group) is 1. The molecule has 0 atom stereocenters. The topological polar surface area (TPSA) is 57.2 Å². The lowest BCUT2D eigenvalue weighted by atomic mass is 10.2. The summed E-state index contributed by atoms with van der Waals surface area (Å²) in [6.07, 6.45) is -0.603. The summed E-state index contributed by atoms with van der Waals surface area (Å²) in [4.78, 5) is 18.2. The quantitative estimate of drug-likeness (QED) is 0.470. The van der Waals surface area contributed by atoms with Gasteiger partial charge in [0.2, 0.25) is 0 Å². The van der Waals surface area contributed by atoms with Crippen molar-refractivity contribution in [2.75, 3.05) is 33.2 Å². The van der Waals surface area contributed by atoms with Gasteiger partial charge in [0, 0.05) is 32.1 Å². The lowest BCUT2D eigenvalue weighted by Gasteiger charge is -2.31. The van der Waals surface area contributed by atoms with Crippen LogP contribution in [0, 0.1) is 5.92 Å². The van der Waals surface area contributed by atoms with Gasteiger partial charge in [0.15, 0.2) is 0 Å². The summed E-state index contributed by atoms with van der Waals surface area (Å²) < 4.78 is 0. The number of carbonyl (C=O) groups is 1. The average Bonchev–Trinajstić information content (AvgIpc) is 2.29. The maximum absolute atomic E-state index is 11.4. The second-order valence-corrected chi connectivity index (χ2v) is 4.74. The van der Waals surface area contributed by atoms with Crippen molar-refractivity contribution in [2.45, 2.75) is 13.8 Å². The lowest BCUT2D eigenvalue weighted by molar-refractivity contribution is 0.0780. The van der Waals surface area contributed by atoms with Gasteiger partial charge in [-0.05, 0) is 7.05 Å². The summed E-state index contributed by atoms with van der Waals surface area (Å²) in [5.41, 5.74) is 2.61. The maximum Gasteiger partial charge on any atom is 0.448 e. The molecule has 1 N–H and O–H groups in total. The molecular formula is C10H19ClN4O2. The normalized spacial score (nSPS) is 19.5. The van der Waals surface area contributed by atoms with E-state index in [2.05, 4.69) is 20.3 Å². The minimum Gasteiger partial charge on any atom is -0.304 e. The largest absolute Gasteiger partial charge is 0.448 e. The van der Waals surface area contributed by atoms with Crippen LogP contribution < -0.4 is 5.43 Å². The number of nitrogens with zero attached hydrogens (tertiary/aromatic N) is 3. The highest BCUT2D eigenvalue weighted by Crippen LogP contribution is 2.02. The average molecular weight is 263 g/mol. The molecule has 0 aromatic rings. The Morgan fingerprint density at radius 2 is 1.94 bits per heavy atom. The predicted molar refractivity (Wildman–Crippen MR) is 66.8 cm³/mol. The van der Waals surface area contributed by atoms with Crippen molar-refractivity contribution < 1.29 is 9.63 Å². The standard InChI is InChI=1S/C10H19ClN4O2/c1-8(2)9(11)13-17-10(16)12-15-6-4-14(3)5-7-15/h8H,4-7H2,1-3H3,(H,12,16)/b13-9+. The molecule has 0 bridgehead atoms. The number of oxime groups is 1. The van der Waals surface area contributed by atoms with Crippen LogP contribution in [0.5, 0.6) is 0 Å². The van der Waals surface area contributed by atoms with E-state index >= 15 is 0 Å². The van der Waals surface area contributed by atoms with Crippen LogP contribution in [0.2, 0.25) is 0 Å². The van der Waals surface area contributed by atoms with Crippen LogP contribution in [0.3, 0.4) is 0 Å². The third-order valence-corrected chi connectivity index (χ3v) is 2.95. The second-order valence-electron chi connectivity index (χ2n) is 4.35. The predicted octanol–water partition coefficient (Wildman–Crippen LogP) is 1.08. The molecule has 1 amide bonds. The van der Waals surface area contributed by atoms with Gasteiger partial charge in [-0.25, -0.2) is 9.80 Å². The fourth-order valence-electron chi connectivity index (χ4n) is 1.26. The monoisotopic (exact) mass is 262 g/mol. The van der Waals surface area contributed by atoms with Gasteiger partial charge in [-0.3, -0.25) is 10.3 Å². The molecule has 0 aromatic carbocycles. The van der Waals surface area contributed by atoms with Crippen molar-refractivity contribution in [3.63, 3.8) is 0 Å². The van der Waals surface area contributed by atoms with Crippen LogP contribution in [0.1, 0.15) is 13.8 Å². The molecule has 0 radical (unpaired) electrons. The van der Waals surface area contributed by atoms with E-state index in [0.29, 0.717) is 0 Å².